The Kier molecular flexibility index (Phi) is 5.96. The van der Waals surface area contributed by atoms with E-state index in [1.807, 2.05) is 0 Å². The average molecular weight is 240 g/mol. The molecule has 17 heavy (non-hydrogen) atoms. The van der Waals surface area contributed by atoms with Crippen LogP contribution in [-0.4, -0.2) is 18.0 Å². The molecule has 3 unspecified atom stereocenters. The Morgan fingerprint density at radius 1 is 1.29 bits per heavy atom. The van der Waals surface area contributed by atoms with Crippen molar-refractivity contribution in [2.45, 2.75) is 71.4 Å². The quantitative estimate of drug-likeness (QED) is 0.742. The Labute approximate surface area is 106 Å². The second kappa shape index (κ2) is 7.00. The van der Waals surface area contributed by atoms with Gasteiger partial charge in [0.05, 0.1) is 6.04 Å². The van der Waals surface area contributed by atoms with Crippen LogP contribution in [0.4, 0.5) is 0 Å². The lowest BCUT2D eigenvalue weighted by atomic mass is 10.0. The van der Waals surface area contributed by atoms with Gasteiger partial charge in [-0.15, -0.1) is 0 Å². The fourth-order valence-corrected chi connectivity index (χ4v) is 2.55. The molecule has 3 atom stereocenters. The fraction of sp³-hybridized carbons (Fsp3) is 0.929. The van der Waals surface area contributed by atoms with Crippen LogP contribution in [0.2, 0.25) is 0 Å². The third-order valence-electron chi connectivity index (χ3n) is 3.67. The van der Waals surface area contributed by atoms with Crippen molar-refractivity contribution in [3.8, 4) is 0 Å². The van der Waals surface area contributed by atoms with Gasteiger partial charge in [-0.2, -0.15) is 0 Å². The Balaban J connectivity index is 2.34. The molecule has 1 fully saturated rings. The maximum atomic E-state index is 11.9. The molecule has 0 aliphatic heterocycles. The zero-order valence-corrected chi connectivity index (χ0v) is 11.5. The molecule has 0 saturated heterocycles. The van der Waals surface area contributed by atoms with Gasteiger partial charge in [0, 0.05) is 6.04 Å². The van der Waals surface area contributed by atoms with E-state index in [0.717, 1.165) is 25.2 Å². The molecular weight excluding hydrogens is 212 g/mol. The maximum absolute atomic E-state index is 11.9. The summed E-state index contributed by atoms with van der Waals surface area (Å²) in [6.07, 6.45) is 6.75. The van der Waals surface area contributed by atoms with Crippen LogP contribution in [0, 0.1) is 11.8 Å². The van der Waals surface area contributed by atoms with E-state index in [2.05, 4.69) is 26.1 Å². The monoisotopic (exact) mass is 240 g/mol. The van der Waals surface area contributed by atoms with Gasteiger partial charge in [-0.25, -0.2) is 0 Å². The highest BCUT2D eigenvalue weighted by Gasteiger charge is 2.21. The van der Waals surface area contributed by atoms with Crippen LogP contribution in [0.25, 0.3) is 0 Å². The number of hydrogen-bond acceptors (Lipinski definition) is 2. The molecule has 0 heterocycles. The molecule has 3 N–H and O–H groups in total. The molecule has 0 aromatic heterocycles. The van der Waals surface area contributed by atoms with Crippen molar-refractivity contribution in [3.63, 3.8) is 0 Å². The highest BCUT2D eigenvalue weighted by molar-refractivity contribution is 5.81. The minimum absolute atomic E-state index is 0.0400. The van der Waals surface area contributed by atoms with Gasteiger partial charge >= 0.3 is 0 Å². The van der Waals surface area contributed by atoms with Crippen molar-refractivity contribution >= 4 is 5.91 Å². The van der Waals surface area contributed by atoms with Crippen molar-refractivity contribution in [3.05, 3.63) is 0 Å². The Bertz CT molecular complexity index is 240. The van der Waals surface area contributed by atoms with E-state index in [4.69, 9.17) is 5.73 Å². The summed E-state index contributed by atoms with van der Waals surface area (Å²) in [7, 11) is 0. The van der Waals surface area contributed by atoms with Crippen LogP contribution in [0.15, 0.2) is 0 Å². The molecule has 0 aromatic rings. The summed E-state index contributed by atoms with van der Waals surface area (Å²) in [6.45, 7) is 6.50. The zero-order valence-electron chi connectivity index (χ0n) is 11.5. The maximum Gasteiger partial charge on any atom is 0.237 e. The molecule has 1 saturated carbocycles. The van der Waals surface area contributed by atoms with Crippen LogP contribution in [0.1, 0.15) is 59.3 Å². The molecule has 1 aliphatic carbocycles. The highest BCUT2D eigenvalue weighted by atomic mass is 16.2. The van der Waals surface area contributed by atoms with Crippen molar-refractivity contribution < 1.29 is 4.79 Å². The van der Waals surface area contributed by atoms with Crippen molar-refractivity contribution in [2.24, 2.45) is 17.6 Å². The minimum Gasteiger partial charge on any atom is -0.352 e. The van der Waals surface area contributed by atoms with E-state index in [1.54, 1.807) is 0 Å². The normalized spacial score (nSPS) is 27.6. The second-order valence-electron chi connectivity index (χ2n) is 6.05. The largest absolute Gasteiger partial charge is 0.352 e. The molecule has 0 radical (unpaired) electrons. The van der Waals surface area contributed by atoms with Gasteiger partial charge < -0.3 is 11.1 Å². The Morgan fingerprint density at radius 3 is 2.65 bits per heavy atom. The number of rotatable bonds is 4. The molecule has 1 amide bonds. The molecule has 0 spiro atoms. The molecule has 0 aromatic carbocycles. The van der Waals surface area contributed by atoms with Gasteiger partial charge in [-0.1, -0.05) is 33.6 Å². The molecule has 3 nitrogen and oxygen atoms in total. The number of carbonyl (C=O) groups is 1. The molecule has 100 valence electrons. The van der Waals surface area contributed by atoms with E-state index in [9.17, 15) is 4.79 Å². The lowest BCUT2D eigenvalue weighted by Gasteiger charge is -2.20. The molecule has 1 aliphatic rings. The van der Waals surface area contributed by atoms with Crippen LogP contribution in [0.3, 0.4) is 0 Å². The van der Waals surface area contributed by atoms with E-state index < -0.39 is 0 Å². The van der Waals surface area contributed by atoms with Crippen LogP contribution >= 0.6 is 0 Å². The first-order valence-electron chi connectivity index (χ1n) is 7.05. The van der Waals surface area contributed by atoms with Crippen molar-refractivity contribution in [1.29, 1.82) is 0 Å². The van der Waals surface area contributed by atoms with Gasteiger partial charge in [-0.05, 0) is 37.5 Å². The van der Waals surface area contributed by atoms with Crippen LogP contribution in [-0.2, 0) is 4.79 Å². The third-order valence-corrected chi connectivity index (χ3v) is 3.67. The summed E-state index contributed by atoms with van der Waals surface area (Å²) in [5.74, 6) is 1.32. The predicted molar refractivity (Wildman–Crippen MR) is 71.6 cm³/mol. The Hall–Kier alpha value is -0.570. The van der Waals surface area contributed by atoms with E-state index in [-0.39, 0.29) is 11.9 Å². The van der Waals surface area contributed by atoms with Gasteiger partial charge in [0.15, 0.2) is 0 Å². The smallest absolute Gasteiger partial charge is 0.237 e. The molecule has 1 rings (SSSR count). The average Bonchev–Trinajstić information content (AvgIpc) is 2.42. The first-order chi connectivity index (χ1) is 7.99. The number of hydrogen-bond donors (Lipinski definition) is 2. The first-order valence-corrected chi connectivity index (χ1v) is 7.05. The molecule has 0 bridgehead atoms. The summed E-state index contributed by atoms with van der Waals surface area (Å²) >= 11 is 0. The van der Waals surface area contributed by atoms with Gasteiger partial charge in [0.25, 0.3) is 0 Å². The summed E-state index contributed by atoms with van der Waals surface area (Å²) in [4.78, 5) is 11.9. The fourth-order valence-electron chi connectivity index (χ4n) is 2.55. The van der Waals surface area contributed by atoms with Gasteiger partial charge in [-0.3, -0.25) is 4.79 Å². The van der Waals surface area contributed by atoms with Crippen molar-refractivity contribution in [1.82, 2.24) is 5.32 Å². The lowest BCUT2D eigenvalue weighted by Crippen LogP contribution is -2.45. The summed E-state index contributed by atoms with van der Waals surface area (Å²) < 4.78 is 0. The van der Waals surface area contributed by atoms with E-state index in [1.165, 1.54) is 19.3 Å². The minimum atomic E-state index is -0.337. The number of carbonyl (C=O) groups excluding carboxylic acids is 1. The molecular formula is C14H28N2O. The number of nitrogens with two attached hydrogens (primary N) is 1. The predicted octanol–water partition coefficient (Wildman–Crippen LogP) is 2.44. The van der Waals surface area contributed by atoms with E-state index >= 15 is 0 Å². The standard InChI is InChI=1S/C14H28N2O/c1-10(2)9-13(15)14(17)16-12-6-4-5-11(3)7-8-12/h10-13H,4-9,15H2,1-3H3,(H,16,17). The van der Waals surface area contributed by atoms with Crippen LogP contribution < -0.4 is 11.1 Å². The van der Waals surface area contributed by atoms with E-state index in [0.29, 0.717) is 12.0 Å². The van der Waals surface area contributed by atoms with Crippen molar-refractivity contribution in [2.75, 3.05) is 0 Å². The zero-order chi connectivity index (χ0) is 12.8. The number of amides is 1. The third kappa shape index (κ3) is 5.53. The van der Waals surface area contributed by atoms with Gasteiger partial charge in [0.2, 0.25) is 5.91 Å². The Morgan fingerprint density at radius 2 is 2.00 bits per heavy atom. The first kappa shape index (κ1) is 14.5. The summed E-state index contributed by atoms with van der Waals surface area (Å²) in [5.41, 5.74) is 5.89. The summed E-state index contributed by atoms with van der Waals surface area (Å²) in [6, 6.07) is 0.0151. The SMILES string of the molecule is CC(C)CC(N)C(=O)NC1CCCC(C)CC1. The highest BCUT2D eigenvalue weighted by Crippen LogP contribution is 2.22. The van der Waals surface area contributed by atoms with Crippen LogP contribution in [0.5, 0.6) is 0 Å². The molecule has 3 heteroatoms. The summed E-state index contributed by atoms with van der Waals surface area (Å²) in [5, 5.41) is 3.12. The second-order valence-corrected chi connectivity index (χ2v) is 6.05. The lowest BCUT2D eigenvalue weighted by molar-refractivity contribution is -0.123. The number of nitrogens with one attached hydrogen (secondary N) is 1. The van der Waals surface area contributed by atoms with Gasteiger partial charge in [0.1, 0.15) is 0 Å². The topological polar surface area (TPSA) is 55.1 Å².